The van der Waals surface area contributed by atoms with E-state index in [1.54, 1.807) is 12.1 Å². The molecule has 0 saturated carbocycles. The molecule has 172 valence electrons. The second-order valence-corrected chi connectivity index (χ2v) is 9.08. The fraction of sp³-hybridized carbons (Fsp3) is 0.214. The number of thiocarbonyl (C=S) groups is 1. The molecule has 2 N–H and O–H groups in total. The molecule has 1 aliphatic heterocycles. The molecule has 1 saturated heterocycles. The molecule has 1 aliphatic rings. The number of nitrogens with one attached hydrogen (secondary N) is 1. The summed E-state index contributed by atoms with van der Waals surface area (Å²) in [4.78, 5) is 6.79. The minimum Gasteiger partial charge on any atom is -0.508 e. The van der Waals surface area contributed by atoms with Crippen LogP contribution in [0.25, 0.3) is 5.69 Å². The molecule has 5 rings (SSSR count). The van der Waals surface area contributed by atoms with Crippen molar-refractivity contribution in [3.8, 4) is 11.4 Å². The molecule has 2 atom stereocenters. The minimum atomic E-state index is -0.112. The summed E-state index contributed by atoms with van der Waals surface area (Å²) in [5.74, 6) is 0.230. The maximum absolute atomic E-state index is 9.85. The number of hydrogen-bond acceptors (Lipinski definition) is 3. The van der Waals surface area contributed by atoms with E-state index in [-0.39, 0.29) is 17.8 Å². The zero-order valence-corrected chi connectivity index (χ0v) is 20.4. The first-order valence-electron chi connectivity index (χ1n) is 11.6. The molecule has 0 spiro atoms. The van der Waals surface area contributed by atoms with Crippen LogP contribution in [0, 0.1) is 13.8 Å². The smallest absolute Gasteiger partial charge is 0.174 e. The average Bonchev–Trinajstić information content (AvgIpc) is 3.35. The first-order valence-corrected chi connectivity index (χ1v) is 12.0. The molecule has 6 heteroatoms. The van der Waals surface area contributed by atoms with E-state index in [1.165, 1.54) is 22.5 Å². The second kappa shape index (κ2) is 8.95. The highest BCUT2D eigenvalue weighted by molar-refractivity contribution is 7.80. The van der Waals surface area contributed by atoms with Gasteiger partial charge in [0.05, 0.1) is 17.8 Å². The van der Waals surface area contributed by atoms with E-state index in [2.05, 4.69) is 70.9 Å². The largest absolute Gasteiger partial charge is 0.508 e. The fourth-order valence-corrected chi connectivity index (χ4v) is 5.27. The highest BCUT2D eigenvalue weighted by Gasteiger charge is 2.42. The predicted molar refractivity (Wildman–Crippen MR) is 141 cm³/mol. The molecule has 5 nitrogen and oxygen atoms in total. The van der Waals surface area contributed by atoms with Crippen LogP contribution in [0.5, 0.6) is 5.75 Å². The molecule has 0 unspecified atom stereocenters. The van der Waals surface area contributed by atoms with Gasteiger partial charge >= 0.3 is 0 Å². The Morgan fingerprint density at radius 2 is 1.68 bits per heavy atom. The third kappa shape index (κ3) is 3.84. The Labute approximate surface area is 205 Å². The van der Waals surface area contributed by atoms with E-state index < -0.39 is 0 Å². The number of benzene rings is 2. The van der Waals surface area contributed by atoms with Gasteiger partial charge in [0, 0.05) is 29.0 Å². The molecule has 2 aromatic carbocycles. The number of anilines is 1. The first-order chi connectivity index (χ1) is 16.5. The van der Waals surface area contributed by atoms with E-state index in [1.807, 2.05) is 36.5 Å². The third-order valence-corrected chi connectivity index (χ3v) is 6.93. The topological polar surface area (TPSA) is 53.3 Å². The van der Waals surface area contributed by atoms with Crippen molar-refractivity contribution < 1.29 is 5.11 Å². The van der Waals surface area contributed by atoms with E-state index >= 15 is 0 Å². The van der Waals surface area contributed by atoms with Crippen LogP contribution in [0.1, 0.15) is 47.2 Å². The summed E-state index contributed by atoms with van der Waals surface area (Å²) in [6, 6.07) is 24.0. The van der Waals surface area contributed by atoms with Crippen LogP contribution in [-0.4, -0.2) is 19.8 Å². The van der Waals surface area contributed by atoms with Crippen LogP contribution >= 0.6 is 12.2 Å². The highest BCUT2D eigenvalue weighted by Crippen LogP contribution is 2.43. The van der Waals surface area contributed by atoms with Crippen LogP contribution in [-0.2, 0) is 6.42 Å². The molecule has 0 bridgehead atoms. The van der Waals surface area contributed by atoms with E-state index in [0.717, 1.165) is 23.5 Å². The van der Waals surface area contributed by atoms with Gasteiger partial charge in [-0.15, -0.1) is 0 Å². The lowest BCUT2D eigenvalue weighted by molar-refractivity contribution is 0.475. The zero-order valence-electron chi connectivity index (χ0n) is 19.6. The lowest BCUT2D eigenvalue weighted by Crippen LogP contribution is -2.29. The zero-order chi connectivity index (χ0) is 23.8. The molecule has 1 fully saturated rings. The molecule has 0 aliphatic carbocycles. The van der Waals surface area contributed by atoms with Gasteiger partial charge in [-0.1, -0.05) is 25.1 Å². The van der Waals surface area contributed by atoms with E-state index in [0.29, 0.717) is 5.11 Å². The summed E-state index contributed by atoms with van der Waals surface area (Å²) in [7, 11) is 0. The van der Waals surface area contributed by atoms with Gasteiger partial charge < -0.3 is 19.9 Å². The number of nitrogens with zero attached hydrogens (tertiary/aromatic N) is 3. The molecule has 2 aromatic heterocycles. The van der Waals surface area contributed by atoms with Gasteiger partial charge in [-0.3, -0.25) is 4.98 Å². The number of aromatic hydroxyl groups is 1. The lowest BCUT2D eigenvalue weighted by Gasteiger charge is -2.28. The Hall–Kier alpha value is -3.64. The van der Waals surface area contributed by atoms with Gasteiger partial charge in [-0.25, -0.2) is 0 Å². The second-order valence-electron chi connectivity index (χ2n) is 8.69. The summed E-state index contributed by atoms with van der Waals surface area (Å²) in [5, 5.41) is 14.0. The minimum absolute atomic E-state index is 0.0955. The molecule has 0 radical (unpaired) electrons. The molecule has 34 heavy (non-hydrogen) atoms. The van der Waals surface area contributed by atoms with Crippen LogP contribution in [0.15, 0.2) is 79.0 Å². The summed E-state index contributed by atoms with van der Waals surface area (Å²) in [5.41, 5.74) is 7.86. The van der Waals surface area contributed by atoms with Gasteiger partial charge in [0.1, 0.15) is 5.75 Å². The highest BCUT2D eigenvalue weighted by atomic mass is 32.1. The monoisotopic (exact) mass is 468 g/mol. The van der Waals surface area contributed by atoms with Crippen molar-refractivity contribution in [2.45, 2.75) is 39.3 Å². The Morgan fingerprint density at radius 3 is 2.32 bits per heavy atom. The normalized spacial score (nSPS) is 17.7. The fourth-order valence-electron chi connectivity index (χ4n) is 4.93. The maximum Gasteiger partial charge on any atom is 0.174 e. The van der Waals surface area contributed by atoms with Gasteiger partial charge in [0.2, 0.25) is 0 Å². The van der Waals surface area contributed by atoms with E-state index in [4.69, 9.17) is 12.2 Å². The van der Waals surface area contributed by atoms with Crippen molar-refractivity contribution in [2.75, 3.05) is 4.90 Å². The van der Waals surface area contributed by atoms with Gasteiger partial charge in [-0.2, -0.15) is 0 Å². The average molecular weight is 469 g/mol. The number of aryl methyl sites for hydroxylation is 2. The Bertz CT molecular complexity index is 1310. The summed E-state index contributed by atoms with van der Waals surface area (Å²) >= 11 is 5.83. The molecular weight excluding hydrogens is 440 g/mol. The molecule has 3 heterocycles. The predicted octanol–water partition coefficient (Wildman–Crippen LogP) is 5.93. The van der Waals surface area contributed by atoms with Crippen LogP contribution in [0.2, 0.25) is 0 Å². The van der Waals surface area contributed by atoms with Crippen LogP contribution in [0.4, 0.5) is 5.69 Å². The van der Waals surface area contributed by atoms with Crippen LogP contribution < -0.4 is 10.2 Å². The van der Waals surface area contributed by atoms with Crippen molar-refractivity contribution in [3.05, 3.63) is 107 Å². The number of rotatable bonds is 5. The number of phenols is 1. The lowest BCUT2D eigenvalue weighted by atomic mass is 9.96. The summed E-state index contributed by atoms with van der Waals surface area (Å²) < 4.78 is 2.31. The van der Waals surface area contributed by atoms with Crippen molar-refractivity contribution in [1.29, 1.82) is 0 Å². The summed E-state index contributed by atoms with van der Waals surface area (Å²) in [6.07, 6.45) is 2.84. The molecule has 4 aromatic rings. The van der Waals surface area contributed by atoms with Gasteiger partial charge in [0.25, 0.3) is 0 Å². The van der Waals surface area contributed by atoms with Gasteiger partial charge in [-0.05, 0) is 98.2 Å². The van der Waals surface area contributed by atoms with Crippen molar-refractivity contribution in [2.24, 2.45) is 0 Å². The molecular formula is C28H28N4OS. The Morgan fingerprint density at radius 1 is 0.971 bits per heavy atom. The Balaban J connectivity index is 1.65. The van der Waals surface area contributed by atoms with Crippen molar-refractivity contribution >= 4 is 23.0 Å². The number of pyridine rings is 1. The van der Waals surface area contributed by atoms with E-state index in [9.17, 15) is 5.11 Å². The number of aromatic nitrogens is 2. The first kappa shape index (κ1) is 22.2. The molecule has 0 amide bonds. The number of hydrogen-bond donors (Lipinski definition) is 2. The van der Waals surface area contributed by atoms with Crippen molar-refractivity contribution in [3.63, 3.8) is 0 Å². The SMILES string of the molecule is CCc1ccc(-n2c(C)cc([C@@H]3[C@@H](c4ccccn4)NC(=S)N3c3ccc(O)cc3)c2C)cc1. The van der Waals surface area contributed by atoms with Gasteiger partial charge in [0.15, 0.2) is 5.11 Å². The Kier molecular flexibility index (Phi) is 5.84. The standard InChI is InChI=1S/C28H28N4OS/c1-4-20-8-10-21(11-9-20)31-18(2)17-24(19(31)3)27-26(25-7-5-6-16-29-25)30-28(34)32(27)22-12-14-23(33)15-13-22/h5-17,26-27,33H,4H2,1-3H3,(H,30,34)/t26-,27-/m1/s1. The maximum atomic E-state index is 9.85. The third-order valence-electron chi connectivity index (χ3n) is 6.62. The quantitative estimate of drug-likeness (QED) is 0.355. The van der Waals surface area contributed by atoms with Crippen molar-refractivity contribution in [1.82, 2.24) is 14.9 Å². The summed E-state index contributed by atoms with van der Waals surface area (Å²) in [6.45, 7) is 6.48. The van der Waals surface area contributed by atoms with Crippen LogP contribution in [0.3, 0.4) is 0 Å². The number of phenolic OH excluding ortho intramolecular Hbond substituents is 1.